The number of aryl methyl sites for hydroxylation is 1. The van der Waals surface area contributed by atoms with E-state index in [1.165, 1.54) is 0 Å². The zero-order valence-corrected chi connectivity index (χ0v) is 9.76. The summed E-state index contributed by atoms with van der Waals surface area (Å²) in [5, 5.41) is 9.38. The van der Waals surface area contributed by atoms with Crippen molar-refractivity contribution in [2.45, 2.75) is 26.2 Å². The first kappa shape index (κ1) is 12.3. The molecule has 0 unspecified atom stereocenters. The number of hydrogen-bond donors (Lipinski definition) is 1. The molecule has 84 valence electrons. The van der Waals surface area contributed by atoms with Crippen molar-refractivity contribution >= 4 is 11.6 Å². The van der Waals surface area contributed by atoms with Crippen LogP contribution in [0.15, 0.2) is 18.2 Å². The molecule has 1 aromatic carbocycles. The highest BCUT2D eigenvalue weighted by molar-refractivity contribution is 6.30. The molecule has 1 rings (SSSR count). The molecule has 0 saturated heterocycles. The van der Waals surface area contributed by atoms with Gasteiger partial charge in [0.25, 0.3) is 0 Å². The maximum absolute atomic E-state index is 8.71. The fourth-order valence-corrected chi connectivity index (χ4v) is 1.55. The molecule has 0 heterocycles. The fourth-order valence-electron chi connectivity index (χ4n) is 1.39. The first-order valence-corrected chi connectivity index (χ1v) is 5.67. The summed E-state index contributed by atoms with van der Waals surface area (Å²) in [4.78, 5) is 0. The van der Waals surface area contributed by atoms with Crippen LogP contribution in [0.3, 0.4) is 0 Å². The number of aliphatic hydroxyl groups excluding tert-OH is 1. The van der Waals surface area contributed by atoms with Gasteiger partial charge < -0.3 is 9.84 Å². The first-order valence-electron chi connectivity index (χ1n) is 5.30. The van der Waals surface area contributed by atoms with Crippen molar-refractivity contribution in [1.82, 2.24) is 0 Å². The van der Waals surface area contributed by atoms with Crippen LogP contribution in [0.25, 0.3) is 0 Å². The number of rotatable bonds is 6. The van der Waals surface area contributed by atoms with Crippen molar-refractivity contribution in [3.8, 4) is 5.75 Å². The highest BCUT2D eigenvalue weighted by atomic mass is 35.5. The number of hydrogen-bond acceptors (Lipinski definition) is 2. The predicted molar refractivity (Wildman–Crippen MR) is 62.6 cm³/mol. The quantitative estimate of drug-likeness (QED) is 0.811. The van der Waals surface area contributed by atoms with Gasteiger partial charge in [-0.3, -0.25) is 0 Å². The molecule has 0 atom stereocenters. The van der Waals surface area contributed by atoms with Crippen LogP contribution in [0.1, 0.15) is 25.3 Å². The van der Waals surface area contributed by atoms with E-state index in [0.29, 0.717) is 11.6 Å². The molecule has 0 amide bonds. The average molecular weight is 229 g/mol. The lowest BCUT2D eigenvalue weighted by Gasteiger charge is -2.10. The molecule has 1 aromatic rings. The van der Waals surface area contributed by atoms with Crippen molar-refractivity contribution in [3.63, 3.8) is 0 Å². The van der Waals surface area contributed by atoms with Gasteiger partial charge in [0.1, 0.15) is 12.4 Å². The van der Waals surface area contributed by atoms with Gasteiger partial charge in [-0.1, -0.05) is 31.0 Å². The van der Waals surface area contributed by atoms with Crippen LogP contribution in [-0.2, 0) is 6.42 Å². The van der Waals surface area contributed by atoms with Crippen LogP contribution in [0.5, 0.6) is 5.75 Å². The first-order chi connectivity index (χ1) is 7.27. The second-order valence-electron chi connectivity index (χ2n) is 3.43. The van der Waals surface area contributed by atoms with E-state index in [9.17, 15) is 0 Å². The molecule has 0 bridgehead atoms. The van der Waals surface area contributed by atoms with Crippen LogP contribution < -0.4 is 4.74 Å². The minimum Gasteiger partial charge on any atom is -0.491 e. The lowest BCUT2D eigenvalue weighted by molar-refractivity contribution is 0.200. The number of halogens is 1. The van der Waals surface area contributed by atoms with E-state index < -0.39 is 0 Å². The van der Waals surface area contributed by atoms with E-state index in [1.54, 1.807) is 0 Å². The third-order valence-electron chi connectivity index (χ3n) is 2.18. The maximum Gasteiger partial charge on any atom is 0.124 e. The third kappa shape index (κ3) is 4.10. The predicted octanol–water partition coefficient (Wildman–Crippen LogP) is 3.05. The average Bonchev–Trinajstić information content (AvgIpc) is 2.25. The van der Waals surface area contributed by atoms with Crippen LogP contribution in [0, 0.1) is 0 Å². The Morgan fingerprint density at radius 1 is 1.40 bits per heavy atom. The lowest BCUT2D eigenvalue weighted by atomic mass is 10.1. The Balaban J connectivity index is 2.73. The van der Waals surface area contributed by atoms with Crippen LogP contribution in [0.2, 0.25) is 5.02 Å². The molecule has 0 fully saturated rings. The Morgan fingerprint density at radius 2 is 2.20 bits per heavy atom. The Labute approximate surface area is 95.8 Å². The second kappa shape index (κ2) is 6.70. The van der Waals surface area contributed by atoms with E-state index in [4.69, 9.17) is 21.4 Å². The van der Waals surface area contributed by atoms with Gasteiger partial charge in [0.15, 0.2) is 0 Å². The Hall–Kier alpha value is -0.730. The summed E-state index contributed by atoms with van der Waals surface area (Å²) in [6.45, 7) is 2.50. The van der Waals surface area contributed by atoms with Gasteiger partial charge in [-0.2, -0.15) is 0 Å². The Bertz CT molecular complexity index is 300. The van der Waals surface area contributed by atoms with E-state index in [1.807, 2.05) is 18.2 Å². The summed E-state index contributed by atoms with van der Waals surface area (Å²) in [6.07, 6.45) is 3.29. The van der Waals surface area contributed by atoms with Gasteiger partial charge in [-0.15, -0.1) is 0 Å². The molecular formula is C12H17ClO2. The molecule has 0 spiro atoms. The summed E-state index contributed by atoms with van der Waals surface area (Å²) >= 11 is 5.89. The summed E-state index contributed by atoms with van der Waals surface area (Å²) in [5.41, 5.74) is 1.16. The molecule has 15 heavy (non-hydrogen) atoms. The van der Waals surface area contributed by atoms with Crippen molar-refractivity contribution in [2.24, 2.45) is 0 Å². The minimum absolute atomic E-state index is 0.0275. The third-order valence-corrected chi connectivity index (χ3v) is 2.41. The molecule has 0 aromatic heterocycles. The molecule has 0 aliphatic heterocycles. The maximum atomic E-state index is 8.71. The Kier molecular flexibility index (Phi) is 5.51. The van der Waals surface area contributed by atoms with E-state index in [0.717, 1.165) is 30.6 Å². The molecule has 3 heteroatoms. The fraction of sp³-hybridized carbons (Fsp3) is 0.500. The molecule has 0 aliphatic carbocycles. The van der Waals surface area contributed by atoms with Crippen molar-refractivity contribution in [1.29, 1.82) is 0 Å². The highest BCUT2D eigenvalue weighted by Crippen LogP contribution is 2.24. The minimum atomic E-state index is 0.0275. The molecule has 2 nitrogen and oxygen atoms in total. The van der Waals surface area contributed by atoms with Crippen LogP contribution in [0.4, 0.5) is 0 Å². The summed E-state index contributed by atoms with van der Waals surface area (Å²) in [6, 6.07) is 5.67. The topological polar surface area (TPSA) is 29.5 Å². The molecule has 0 aliphatic rings. The highest BCUT2D eigenvalue weighted by Gasteiger charge is 2.04. The van der Waals surface area contributed by atoms with Gasteiger partial charge in [-0.05, 0) is 30.5 Å². The van der Waals surface area contributed by atoms with Gasteiger partial charge in [0, 0.05) is 5.02 Å². The normalized spacial score (nSPS) is 10.3. The van der Waals surface area contributed by atoms with Gasteiger partial charge >= 0.3 is 0 Å². The lowest BCUT2D eigenvalue weighted by Crippen LogP contribution is -2.03. The van der Waals surface area contributed by atoms with Crippen LogP contribution >= 0.6 is 11.6 Å². The zero-order chi connectivity index (χ0) is 11.1. The van der Waals surface area contributed by atoms with Gasteiger partial charge in [0.05, 0.1) is 6.61 Å². The van der Waals surface area contributed by atoms with Crippen molar-refractivity contribution < 1.29 is 9.84 Å². The van der Waals surface area contributed by atoms with E-state index in [2.05, 4.69) is 6.92 Å². The number of ether oxygens (including phenoxy) is 1. The zero-order valence-electron chi connectivity index (χ0n) is 9.00. The van der Waals surface area contributed by atoms with E-state index >= 15 is 0 Å². The summed E-state index contributed by atoms with van der Waals surface area (Å²) in [5.74, 6) is 0.796. The molecule has 0 saturated carbocycles. The monoisotopic (exact) mass is 228 g/mol. The largest absolute Gasteiger partial charge is 0.491 e. The Morgan fingerprint density at radius 3 is 2.87 bits per heavy atom. The molecule has 1 N–H and O–H groups in total. The number of benzene rings is 1. The summed E-state index contributed by atoms with van der Waals surface area (Å²) < 4.78 is 5.43. The smallest absolute Gasteiger partial charge is 0.124 e. The van der Waals surface area contributed by atoms with Gasteiger partial charge in [0.2, 0.25) is 0 Å². The van der Waals surface area contributed by atoms with Gasteiger partial charge in [-0.25, -0.2) is 0 Å². The summed E-state index contributed by atoms with van der Waals surface area (Å²) in [7, 11) is 0. The SMILES string of the molecule is CCCCc1ccc(Cl)cc1OCCO. The van der Waals surface area contributed by atoms with E-state index in [-0.39, 0.29) is 6.61 Å². The number of unbranched alkanes of at least 4 members (excludes halogenated alkanes) is 1. The standard InChI is InChI=1S/C12H17ClO2/c1-2-3-4-10-5-6-11(13)9-12(10)15-8-7-14/h5-6,9,14H,2-4,7-8H2,1H3. The molecule has 0 radical (unpaired) electrons. The number of aliphatic hydroxyl groups is 1. The van der Waals surface area contributed by atoms with Crippen LogP contribution in [-0.4, -0.2) is 18.3 Å². The second-order valence-corrected chi connectivity index (χ2v) is 3.86. The van der Waals surface area contributed by atoms with Crippen molar-refractivity contribution in [2.75, 3.05) is 13.2 Å². The van der Waals surface area contributed by atoms with Crippen molar-refractivity contribution in [3.05, 3.63) is 28.8 Å². The molecular weight excluding hydrogens is 212 g/mol.